The Morgan fingerprint density at radius 3 is 1.48 bits per heavy atom. The van der Waals surface area contributed by atoms with Gasteiger partial charge in [-0.1, -0.05) is 60.2 Å². The van der Waals surface area contributed by atoms with Crippen LogP contribution in [-0.4, -0.2) is 71.4 Å². The fourth-order valence-corrected chi connectivity index (χ4v) is 10.4. The summed E-state index contributed by atoms with van der Waals surface area (Å²) < 4.78 is 33.1. The van der Waals surface area contributed by atoms with Crippen molar-refractivity contribution >= 4 is 59.3 Å². The second-order valence-electron chi connectivity index (χ2n) is 16.9. The molecule has 1 N–H and O–H groups in total. The Bertz CT molecular complexity index is 2870. The molecular weight excluding hydrogens is 853 g/mol. The van der Waals surface area contributed by atoms with Gasteiger partial charge in [0.1, 0.15) is 40.2 Å². The van der Waals surface area contributed by atoms with Crippen molar-refractivity contribution in [2.24, 2.45) is 29.6 Å². The number of anilines is 2. The number of imide groups is 2. The van der Waals surface area contributed by atoms with Crippen molar-refractivity contribution in [2.45, 2.75) is 18.8 Å². The van der Waals surface area contributed by atoms with Crippen molar-refractivity contribution in [1.29, 1.82) is 0 Å². The van der Waals surface area contributed by atoms with E-state index in [9.17, 15) is 24.3 Å². The first-order valence-corrected chi connectivity index (χ1v) is 21.9. The van der Waals surface area contributed by atoms with Crippen LogP contribution >= 0.6 is 0 Å². The number of fused-ring (bicyclic) bond motifs is 4. The summed E-state index contributed by atoms with van der Waals surface area (Å²) in [5.74, 6) is -3.21. The maximum absolute atomic E-state index is 14.9. The van der Waals surface area contributed by atoms with Crippen molar-refractivity contribution in [3.63, 3.8) is 0 Å². The highest BCUT2D eigenvalue weighted by Gasteiger charge is 2.63. The minimum absolute atomic E-state index is 0.155. The van der Waals surface area contributed by atoms with Gasteiger partial charge in [-0.2, -0.15) is 0 Å². The Balaban J connectivity index is 1.03. The number of hydrogen-bond acceptors (Lipinski definition) is 11. The molecule has 2 heterocycles. The monoisotopic (exact) mass is 902 g/mol. The van der Waals surface area contributed by atoms with Gasteiger partial charge in [-0.05, 0) is 90.6 Å². The fraction of sp³-hybridized carbons (Fsp3) is 0.259. The van der Waals surface area contributed by atoms with Gasteiger partial charge >= 0.3 is 0 Å². The zero-order valence-corrected chi connectivity index (χ0v) is 37.9. The summed E-state index contributed by atoms with van der Waals surface area (Å²) in [4.78, 5) is 61.3. The van der Waals surface area contributed by atoms with E-state index in [0.29, 0.717) is 51.3 Å². The molecule has 4 aliphatic rings. The quantitative estimate of drug-likeness (QED) is 0.0686. The third-order valence-corrected chi connectivity index (χ3v) is 13.6. The molecule has 9 rings (SSSR count). The number of carbonyl (C=O) groups excluding carboxylic acids is 4. The van der Waals surface area contributed by atoms with Crippen LogP contribution < -0.4 is 38.2 Å². The van der Waals surface area contributed by atoms with Gasteiger partial charge in [-0.25, -0.2) is 0 Å². The highest BCUT2D eigenvalue weighted by atomic mass is 16.5. The molecule has 0 spiro atoms. The van der Waals surface area contributed by atoms with E-state index in [-0.39, 0.29) is 36.2 Å². The van der Waals surface area contributed by atoms with E-state index < -0.39 is 47.3 Å². The van der Waals surface area contributed by atoms with Crippen molar-refractivity contribution in [1.82, 2.24) is 0 Å². The molecule has 2 aliphatic carbocycles. The smallest absolute Gasteiger partial charge is 0.238 e. The van der Waals surface area contributed by atoms with Gasteiger partial charge in [0.15, 0.2) is 0 Å². The third-order valence-electron chi connectivity index (χ3n) is 13.6. The summed E-state index contributed by atoms with van der Waals surface area (Å²) in [5, 5.41) is 11.7. The van der Waals surface area contributed by atoms with E-state index in [1.807, 2.05) is 91.0 Å². The molecule has 13 heteroatoms. The first kappa shape index (κ1) is 44.4. The van der Waals surface area contributed by atoms with E-state index in [1.54, 1.807) is 58.8 Å². The summed E-state index contributed by atoms with van der Waals surface area (Å²) in [5.41, 5.74) is 5.11. The van der Waals surface area contributed by atoms with Crippen molar-refractivity contribution in [3.05, 3.63) is 137 Å². The molecule has 4 amide bonds. The number of allylic oxidation sites excluding steroid dienone is 2. The van der Waals surface area contributed by atoms with Crippen LogP contribution in [0, 0.1) is 29.6 Å². The average molecular weight is 903 g/mol. The van der Waals surface area contributed by atoms with Gasteiger partial charge in [0, 0.05) is 34.7 Å². The molecule has 67 heavy (non-hydrogen) atoms. The van der Waals surface area contributed by atoms with E-state index in [1.165, 1.54) is 30.1 Å². The van der Waals surface area contributed by atoms with Crippen LogP contribution in [0.25, 0.3) is 24.3 Å². The minimum atomic E-state index is -0.944. The summed E-state index contributed by atoms with van der Waals surface area (Å²) in [6.07, 6.45) is 9.92. The highest BCUT2D eigenvalue weighted by Crippen LogP contribution is 2.61. The number of aromatic hydroxyl groups is 1. The van der Waals surface area contributed by atoms with Crippen LogP contribution in [-0.2, 0) is 19.2 Å². The number of carbonyl (C=O) groups is 4. The maximum Gasteiger partial charge on any atom is 0.238 e. The zero-order valence-electron chi connectivity index (χ0n) is 37.9. The molecule has 0 radical (unpaired) electrons. The van der Waals surface area contributed by atoms with Crippen molar-refractivity contribution in [3.8, 4) is 40.2 Å². The molecule has 13 nitrogen and oxygen atoms in total. The van der Waals surface area contributed by atoms with Gasteiger partial charge in [-0.3, -0.25) is 29.0 Å². The molecule has 342 valence electrons. The molecule has 6 unspecified atom stereocenters. The number of methoxy groups -OCH3 is 6. The van der Waals surface area contributed by atoms with E-state index in [2.05, 4.69) is 0 Å². The molecule has 5 aromatic rings. The second-order valence-corrected chi connectivity index (χ2v) is 16.9. The van der Waals surface area contributed by atoms with E-state index in [0.717, 1.165) is 22.3 Å². The summed E-state index contributed by atoms with van der Waals surface area (Å²) in [7, 11) is 9.32. The maximum atomic E-state index is 14.9. The van der Waals surface area contributed by atoms with Crippen LogP contribution in [0.5, 0.6) is 40.2 Å². The lowest BCUT2D eigenvalue weighted by Crippen LogP contribution is -2.43. The molecule has 2 saturated heterocycles. The predicted octanol–water partition coefficient (Wildman–Crippen LogP) is 8.83. The third kappa shape index (κ3) is 7.83. The summed E-state index contributed by atoms with van der Waals surface area (Å²) >= 11 is 0. The number of rotatable bonds is 13. The Morgan fingerprint density at radius 1 is 0.493 bits per heavy atom. The second kappa shape index (κ2) is 18.2. The average Bonchev–Trinajstić information content (AvgIpc) is 3.77. The number of amides is 4. The van der Waals surface area contributed by atoms with Crippen molar-refractivity contribution < 1.29 is 52.7 Å². The first-order chi connectivity index (χ1) is 32.5. The van der Waals surface area contributed by atoms with Crippen molar-refractivity contribution in [2.75, 3.05) is 52.5 Å². The number of ether oxygens (including phenoxy) is 6. The topological polar surface area (TPSA) is 150 Å². The fourth-order valence-electron chi connectivity index (χ4n) is 10.4. The molecule has 5 aromatic carbocycles. The molecule has 2 aliphatic heterocycles. The molecule has 1 saturated carbocycles. The number of phenols is 1. The van der Waals surface area contributed by atoms with Crippen LogP contribution in [0.3, 0.4) is 0 Å². The Labute approximate surface area is 388 Å². The first-order valence-electron chi connectivity index (χ1n) is 21.9. The lowest BCUT2D eigenvalue weighted by molar-refractivity contribution is -0.126. The Kier molecular flexibility index (Phi) is 12.1. The molecule has 3 fully saturated rings. The number of phenolic OH excluding ortho intramolecular Hbond substituents is 1. The predicted molar refractivity (Wildman–Crippen MR) is 254 cm³/mol. The van der Waals surface area contributed by atoms with Gasteiger partial charge in [0.05, 0.1) is 77.7 Å². The summed E-state index contributed by atoms with van der Waals surface area (Å²) in [6, 6.07) is 28.4. The molecule has 0 bridgehead atoms. The van der Waals surface area contributed by atoms with Crippen LogP contribution in [0.15, 0.2) is 109 Å². The Morgan fingerprint density at radius 2 is 0.985 bits per heavy atom. The number of hydrogen-bond donors (Lipinski definition) is 1. The van der Waals surface area contributed by atoms with Gasteiger partial charge in [0.2, 0.25) is 23.6 Å². The van der Waals surface area contributed by atoms with Crippen LogP contribution in [0.1, 0.15) is 46.6 Å². The van der Waals surface area contributed by atoms with Gasteiger partial charge in [-0.15, -0.1) is 0 Å². The normalized spacial score (nSPS) is 22.1. The van der Waals surface area contributed by atoms with E-state index >= 15 is 0 Å². The standard InChI is InChI=1S/C54H50N2O11/c1-62-36-19-23-44(65-4)32(25-36)13-7-30-9-15-34(16-10-30)55-51(58)40-22-21-39-41(47(40)53(55)60)29-42-49(48(39)50-43(57)27-38(64-3)28-46(50)67-6)54(61)56(52(42)59)35-17-11-31(12-18-35)8-14-33-26-37(63-2)20-24-45(33)66-5/h7-21,23-28,40-42,47-49,57H,22,29H2,1-6H3. The SMILES string of the molecule is COc1ccc(OC)c(C=Cc2ccc(N3C(=O)C4CC=C5C(CC6C(=O)N(c7ccc(C=Cc8cc(OC)ccc8OC)cc7)C(=O)C6C5c5c(O)cc(OC)cc5OC)C4C3=O)cc2)c1. The highest BCUT2D eigenvalue weighted by molar-refractivity contribution is 6.24. The largest absolute Gasteiger partial charge is 0.507 e. The zero-order chi connectivity index (χ0) is 47.1. The van der Waals surface area contributed by atoms with Crippen LogP contribution in [0.2, 0.25) is 0 Å². The Hall–Kier alpha value is -7.80. The minimum Gasteiger partial charge on any atom is -0.507 e. The lowest BCUT2D eigenvalue weighted by atomic mass is 9.57. The molecular formula is C54H50N2O11. The molecule has 6 atom stereocenters. The lowest BCUT2D eigenvalue weighted by Gasteiger charge is -2.44. The van der Waals surface area contributed by atoms with Gasteiger partial charge < -0.3 is 33.5 Å². The number of benzene rings is 5. The summed E-state index contributed by atoms with van der Waals surface area (Å²) in [6.45, 7) is 0. The number of nitrogens with zero attached hydrogens (tertiary/aromatic N) is 2. The van der Waals surface area contributed by atoms with Crippen LogP contribution in [0.4, 0.5) is 11.4 Å². The molecule has 0 aromatic heterocycles. The van der Waals surface area contributed by atoms with E-state index in [4.69, 9.17) is 28.4 Å². The van der Waals surface area contributed by atoms with Gasteiger partial charge in [0.25, 0.3) is 0 Å².